The number of rotatable bonds is 16. The van der Waals surface area contributed by atoms with E-state index in [9.17, 15) is 14.4 Å². The first-order chi connectivity index (χ1) is 14.6. The van der Waals surface area contributed by atoms with Gasteiger partial charge in [-0.25, -0.2) is 14.4 Å². The van der Waals surface area contributed by atoms with Gasteiger partial charge in [0.2, 0.25) is 0 Å². The number of benzene rings is 1. The third kappa shape index (κ3) is 11.6. The molecule has 164 valence electrons. The van der Waals surface area contributed by atoms with Crippen LogP contribution >= 0.6 is 0 Å². The van der Waals surface area contributed by atoms with Crippen molar-refractivity contribution in [1.29, 1.82) is 0 Å². The molecule has 0 saturated heterocycles. The number of carbonyl (C=O) groups excluding carboxylic acids is 3. The molecule has 0 aliphatic rings. The number of carbonyl (C=O) groups is 3. The Morgan fingerprint density at radius 2 is 1.13 bits per heavy atom. The van der Waals surface area contributed by atoms with E-state index in [-0.39, 0.29) is 39.6 Å². The largest absolute Gasteiger partial charge is 0.491 e. The summed E-state index contributed by atoms with van der Waals surface area (Å²) in [5.74, 6) is -0.921. The van der Waals surface area contributed by atoms with E-state index in [1.165, 1.54) is 0 Å². The SMILES string of the molecule is C=CC(=O)OCCOCCOC(=O)c1ccc(OCCOCCOC(=O)C=C)cc1. The second-order valence-corrected chi connectivity index (χ2v) is 5.48. The van der Waals surface area contributed by atoms with Gasteiger partial charge in [0.05, 0.1) is 32.0 Å². The van der Waals surface area contributed by atoms with Gasteiger partial charge in [0, 0.05) is 12.2 Å². The predicted octanol–water partition coefficient (Wildman–Crippen LogP) is 1.71. The normalized spacial score (nSPS) is 10.0. The zero-order chi connectivity index (χ0) is 22.0. The maximum Gasteiger partial charge on any atom is 0.338 e. The summed E-state index contributed by atoms with van der Waals surface area (Å²) in [4.78, 5) is 33.6. The summed E-state index contributed by atoms with van der Waals surface area (Å²) in [6.07, 6.45) is 2.15. The van der Waals surface area contributed by atoms with Crippen LogP contribution in [-0.2, 0) is 33.3 Å². The molecule has 0 radical (unpaired) electrons. The summed E-state index contributed by atoms with van der Waals surface area (Å²) >= 11 is 0. The van der Waals surface area contributed by atoms with E-state index in [0.717, 1.165) is 12.2 Å². The van der Waals surface area contributed by atoms with E-state index in [4.69, 9.17) is 28.4 Å². The fourth-order valence-electron chi connectivity index (χ4n) is 1.91. The van der Waals surface area contributed by atoms with Crippen molar-refractivity contribution < 1.29 is 42.8 Å². The molecule has 30 heavy (non-hydrogen) atoms. The Balaban J connectivity index is 2.11. The molecule has 1 aromatic carbocycles. The van der Waals surface area contributed by atoms with Gasteiger partial charge >= 0.3 is 17.9 Å². The van der Waals surface area contributed by atoms with E-state index in [0.29, 0.717) is 24.5 Å². The van der Waals surface area contributed by atoms with E-state index >= 15 is 0 Å². The molecular weight excluding hydrogens is 396 g/mol. The average molecular weight is 422 g/mol. The summed E-state index contributed by atoms with van der Waals surface area (Å²) < 4.78 is 30.5. The van der Waals surface area contributed by atoms with Crippen molar-refractivity contribution in [2.75, 3.05) is 52.9 Å². The monoisotopic (exact) mass is 422 g/mol. The van der Waals surface area contributed by atoms with E-state index in [1.54, 1.807) is 24.3 Å². The average Bonchev–Trinajstić information content (AvgIpc) is 2.77. The van der Waals surface area contributed by atoms with Crippen LogP contribution in [0.4, 0.5) is 0 Å². The first-order valence-corrected chi connectivity index (χ1v) is 9.20. The summed E-state index contributed by atoms with van der Waals surface area (Å²) in [5, 5.41) is 0. The van der Waals surface area contributed by atoms with Gasteiger partial charge in [0.1, 0.15) is 32.2 Å². The lowest BCUT2D eigenvalue weighted by Gasteiger charge is -2.09. The molecular formula is C21H26O9. The van der Waals surface area contributed by atoms with Crippen LogP contribution in [0.5, 0.6) is 5.75 Å². The zero-order valence-electron chi connectivity index (χ0n) is 16.7. The molecule has 0 aliphatic carbocycles. The molecule has 0 atom stereocenters. The Morgan fingerprint density at radius 1 is 0.667 bits per heavy atom. The van der Waals surface area contributed by atoms with Gasteiger partial charge in [0.25, 0.3) is 0 Å². The van der Waals surface area contributed by atoms with Crippen molar-refractivity contribution in [3.63, 3.8) is 0 Å². The minimum Gasteiger partial charge on any atom is -0.491 e. The maximum atomic E-state index is 11.9. The molecule has 1 aromatic rings. The number of hydrogen-bond donors (Lipinski definition) is 0. The molecule has 1 rings (SSSR count). The second kappa shape index (κ2) is 15.7. The third-order valence-corrected chi connectivity index (χ3v) is 3.32. The third-order valence-electron chi connectivity index (χ3n) is 3.32. The first-order valence-electron chi connectivity index (χ1n) is 9.20. The van der Waals surface area contributed by atoms with Crippen LogP contribution in [0.15, 0.2) is 49.6 Å². The zero-order valence-corrected chi connectivity index (χ0v) is 16.7. The lowest BCUT2D eigenvalue weighted by atomic mass is 10.2. The molecule has 0 N–H and O–H groups in total. The fraction of sp³-hybridized carbons (Fsp3) is 0.381. The molecule has 0 bridgehead atoms. The second-order valence-electron chi connectivity index (χ2n) is 5.48. The molecule has 0 spiro atoms. The van der Waals surface area contributed by atoms with Crippen LogP contribution in [0.2, 0.25) is 0 Å². The van der Waals surface area contributed by atoms with Crippen molar-refractivity contribution in [3.05, 3.63) is 55.1 Å². The topological polar surface area (TPSA) is 107 Å². The van der Waals surface area contributed by atoms with Gasteiger partial charge in [-0.05, 0) is 24.3 Å². The summed E-state index contributed by atoms with van der Waals surface area (Å²) in [6, 6.07) is 6.46. The Kier molecular flexibility index (Phi) is 13.0. The Bertz CT molecular complexity index is 682. The van der Waals surface area contributed by atoms with Crippen molar-refractivity contribution in [1.82, 2.24) is 0 Å². The first kappa shape index (κ1) is 24.9. The highest BCUT2D eigenvalue weighted by atomic mass is 16.6. The van der Waals surface area contributed by atoms with Gasteiger partial charge in [-0.2, -0.15) is 0 Å². The Morgan fingerprint density at radius 3 is 1.63 bits per heavy atom. The van der Waals surface area contributed by atoms with Crippen LogP contribution in [0, 0.1) is 0 Å². The Hall–Kier alpha value is -3.17. The minimum absolute atomic E-state index is 0.0753. The maximum absolute atomic E-state index is 11.9. The van der Waals surface area contributed by atoms with Crippen LogP contribution in [-0.4, -0.2) is 70.8 Å². The van der Waals surface area contributed by atoms with Gasteiger partial charge in [-0.15, -0.1) is 0 Å². The Labute approximate surface area is 175 Å². The van der Waals surface area contributed by atoms with Crippen LogP contribution in [0.1, 0.15) is 10.4 Å². The van der Waals surface area contributed by atoms with Crippen LogP contribution in [0.3, 0.4) is 0 Å². The van der Waals surface area contributed by atoms with Crippen molar-refractivity contribution in [2.45, 2.75) is 0 Å². The van der Waals surface area contributed by atoms with E-state index in [1.807, 2.05) is 0 Å². The lowest BCUT2D eigenvalue weighted by Crippen LogP contribution is -2.14. The van der Waals surface area contributed by atoms with Gasteiger partial charge < -0.3 is 28.4 Å². The highest BCUT2D eigenvalue weighted by Gasteiger charge is 2.07. The summed E-state index contributed by atoms with van der Waals surface area (Å²) in [5.41, 5.74) is 0.377. The molecule has 0 unspecified atom stereocenters. The molecule has 9 nitrogen and oxygen atoms in total. The highest BCUT2D eigenvalue weighted by molar-refractivity contribution is 5.89. The highest BCUT2D eigenvalue weighted by Crippen LogP contribution is 2.13. The van der Waals surface area contributed by atoms with Crippen LogP contribution in [0.25, 0.3) is 0 Å². The molecule has 0 amide bonds. The predicted molar refractivity (Wildman–Crippen MR) is 106 cm³/mol. The molecule has 9 heteroatoms. The van der Waals surface area contributed by atoms with Crippen molar-refractivity contribution >= 4 is 17.9 Å². The molecule has 0 heterocycles. The molecule has 0 aromatic heterocycles. The quantitative estimate of drug-likeness (QED) is 0.170. The number of ether oxygens (including phenoxy) is 6. The lowest BCUT2D eigenvalue weighted by molar-refractivity contribution is -0.140. The standard InChI is InChI=1S/C21H26O9/c1-3-19(22)28-14-10-25-9-13-27-18-7-5-17(6-8-18)21(24)30-16-12-26-11-15-29-20(23)4-2/h3-8H,1-2,9-16H2. The minimum atomic E-state index is -0.517. The van der Waals surface area contributed by atoms with Gasteiger partial charge in [-0.3, -0.25) is 0 Å². The molecule has 0 fully saturated rings. The van der Waals surface area contributed by atoms with Gasteiger partial charge in [-0.1, -0.05) is 13.2 Å². The molecule has 0 aliphatic heterocycles. The van der Waals surface area contributed by atoms with Crippen molar-refractivity contribution in [2.24, 2.45) is 0 Å². The summed E-state index contributed by atoms with van der Waals surface area (Å²) in [6.45, 7) is 8.17. The molecule has 0 saturated carbocycles. The smallest absolute Gasteiger partial charge is 0.338 e. The van der Waals surface area contributed by atoms with Crippen LogP contribution < -0.4 is 4.74 Å². The van der Waals surface area contributed by atoms with Gasteiger partial charge in [0.15, 0.2) is 0 Å². The van der Waals surface area contributed by atoms with E-state index in [2.05, 4.69) is 13.2 Å². The number of esters is 3. The fourth-order valence-corrected chi connectivity index (χ4v) is 1.91. The number of hydrogen-bond acceptors (Lipinski definition) is 9. The van der Waals surface area contributed by atoms with E-state index < -0.39 is 17.9 Å². The summed E-state index contributed by atoms with van der Waals surface area (Å²) in [7, 11) is 0. The van der Waals surface area contributed by atoms with Crippen molar-refractivity contribution in [3.8, 4) is 5.75 Å².